The molecule has 0 aliphatic heterocycles. The van der Waals surface area contributed by atoms with Gasteiger partial charge in [-0.2, -0.15) is 4.98 Å². The first-order chi connectivity index (χ1) is 9.20. The highest BCUT2D eigenvalue weighted by Gasteiger charge is 2.14. The van der Waals surface area contributed by atoms with Crippen LogP contribution in [0.3, 0.4) is 0 Å². The van der Waals surface area contributed by atoms with Crippen molar-refractivity contribution in [2.24, 2.45) is 0 Å². The molecule has 96 valence electrons. The van der Waals surface area contributed by atoms with Crippen molar-refractivity contribution in [3.05, 3.63) is 24.2 Å². The van der Waals surface area contributed by atoms with E-state index in [1.165, 1.54) is 7.11 Å². The Morgan fingerprint density at radius 1 is 1.26 bits per heavy atom. The second-order valence-corrected chi connectivity index (χ2v) is 3.88. The fourth-order valence-corrected chi connectivity index (χ4v) is 1.81. The van der Waals surface area contributed by atoms with Crippen molar-refractivity contribution in [3.8, 4) is 17.4 Å². The lowest BCUT2D eigenvalue weighted by molar-refractivity contribution is 0.379. The largest absolute Gasteiger partial charge is 0.467 e. The molecule has 0 fully saturated rings. The Labute approximate surface area is 108 Å². The Morgan fingerprint density at radius 3 is 2.84 bits per heavy atom. The molecule has 8 heteroatoms. The Morgan fingerprint density at radius 2 is 2.11 bits per heavy atom. The molecule has 0 aromatic carbocycles. The van der Waals surface area contributed by atoms with Crippen LogP contribution < -0.4 is 10.5 Å². The van der Waals surface area contributed by atoms with Gasteiger partial charge in [0.1, 0.15) is 0 Å². The number of anilines is 1. The minimum Gasteiger partial charge on any atom is -0.467 e. The van der Waals surface area contributed by atoms with Gasteiger partial charge in [0.15, 0.2) is 11.5 Å². The number of nitrogens with two attached hydrogens (primary N) is 1. The molecule has 0 spiro atoms. The molecule has 3 aromatic rings. The van der Waals surface area contributed by atoms with Crippen molar-refractivity contribution in [1.29, 1.82) is 0 Å². The van der Waals surface area contributed by atoms with Gasteiger partial charge in [-0.1, -0.05) is 0 Å². The van der Waals surface area contributed by atoms with E-state index >= 15 is 0 Å². The number of nitrogen functional groups attached to an aromatic ring is 1. The lowest BCUT2D eigenvalue weighted by Crippen LogP contribution is -2.03. The molecule has 8 nitrogen and oxygen atoms in total. The van der Waals surface area contributed by atoms with Gasteiger partial charge in [0.2, 0.25) is 5.95 Å². The first-order valence-electron chi connectivity index (χ1n) is 5.54. The summed E-state index contributed by atoms with van der Waals surface area (Å²) < 4.78 is 6.63. The third-order valence-electron chi connectivity index (χ3n) is 2.73. The molecule has 0 saturated carbocycles. The summed E-state index contributed by atoms with van der Waals surface area (Å²) in [6.45, 7) is 1.84. The highest BCUT2D eigenvalue weighted by Crippen LogP contribution is 2.22. The van der Waals surface area contributed by atoms with Gasteiger partial charge in [-0.3, -0.25) is 0 Å². The van der Waals surface area contributed by atoms with Crippen LogP contribution in [-0.4, -0.2) is 36.7 Å². The molecule has 0 saturated heterocycles. The molecule has 3 heterocycles. The second-order valence-electron chi connectivity index (χ2n) is 3.88. The van der Waals surface area contributed by atoms with E-state index in [1.807, 2.05) is 6.92 Å². The van der Waals surface area contributed by atoms with Gasteiger partial charge in [0.05, 0.1) is 18.4 Å². The first kappa shape index (κ1) is 11.3. The predicted octanol–water partition coefficient (Wildman–Crippen LogP) is 0.481. The van der Waals surface area contributed by atoms with Crippen molar-refractivity contribution in [2.75, 3.05) is 12.8 Å². The van der Waals surface area contributed by atoms with Crippen molar-refractivity contribution in [1.82, 2.24) is 29.5 Å². The maximum Gasteiger partial charge on any atom is 0.316 e. The van der Waals surface area contributed by atoms with Gasteiger partial charge in [-0.05, 0) is 6.92 Å². The summed E-state index contributed by atoms with van der Waals surface area (Å²) in [6, 6.07) is 2.04. The van der Waals surface area contributed by atoms with E-state index in [0.29, 0.717) is 23.4 Å². The van der Waals surface area contributed by atoms with Crippen LogP contribution >= 0.6 is 0 Å². The molecule has 0 unspecified atom stereocenters. The number of aromatic nitrogens is 6. The third kappa shape index (κ3) is 1.73. The number of nitrogens with zero attached hydrogens (tertiary/aromatic N) is 6. The molecule has 0 bridgehead atoms. The summed E-state index contributed by atoms with van der Waals surface area (Å²) in [7, 11) is 1.52. The van der Waals surface area contributed by atoms with E-state index in [-0.39, 0.29) is 0 Å². The summed E-state index contributed by atoms with van der Waals surface area (Å²) in [4.78, 5) is 12.3. The highest BCUT2D eigenvalue weighted by molar-refractivity contribution is 5.62. The molecule has 19 heavy (non-hydrogen) atoms. The average molecular weight is 257 g/mol. The molecule has 0 aliphatic carbocycles. The van der Waals surface area contributed by atoms with Crippen molar-refractivity contribution in [2.45, 2.75) is 6.92 Å². The highest BCUT2D eigenvalue weighted by atomic mass is 16.5. The van der Waals surface area contributed by atoms with E-state index in [0.717, 1.165) is 11.3 Å². The number of fused-ring (bicyclic) bond motifs is 1. The molecule has 0 radical (unpaired) electrons. The summed E-state index contributed by atoms with van der Waals surface area (Å²) in [6.07, 6.45) is 3.21. The maximum absolute atomic E-state index is 5.85. The Balaban J connectivity index is 2.25. The van der Waals surface area contributed by atoms with Crippen LogP contribution in [0.4, 0.5) is 5.95 Å². The van der Waals surface area contributed by atoms with Crippen LogP contribution in [0.2, 0.25) is 0 Å². The molecule has 3 aromatic heterocycles. The summed E-state index contributed by atoms with van der Waals surface area (Å²) in [5.41, 5.74) is 7.93. The van der Waals surface area contributed by atoms with Gasteiger partial charge in [-0.25, -0.2) is 14.4 Å². The van der Waals surface area contributed by atoms with Crippen LogP contribution in [-0.2, 0) is 0 Å². The number of ether oxygens (including phenoxy) is 1. The third-order valence-corrected chi connectivity index (χ3v) is 2.73. The van der Waals surface area contributed by atoms with Crippen molar-refractivity contribution in [3.63, 3.8) is 0 Å². The topological polar surface area (TPSA) is 104 Å². The number of methoxy groups -OCH3 is 1. The minimum atomic E-state index is 0.307. The van der Waals surface area contributed by atoms with E-state index in [2.05, 4.69) is 25.1 Å². The molecule has 0 aliphatic rings. The molecular weight excluding hydrogens is 246 g/mol. The van der Waals surface area contributed by atoms with Gasteiger partial charge in [-0.15, -0.1) is 10.2 Å². The lowest BCUT2D eigenvalue weighted by atomic mass is 10.2. The summed E-state index contributed by atoms with van der Waals surface area (Å²) in [5, 5.41) is 8.16. The van der Waals surface area contributed by atoms with Gasteiger partial charge >= 0.3 is 6.01 Å². The number of hydrogen-bond acceptors (Lipinski definition) is 7. The van der Waals surface area contributed by atoms with Gasteiger partial charge in [0, 0.05) is 18.5 Å². The minimum absolute atomic E-state index is 0.307. The average Bonchev–Trinajstić information content (AvgIpc) is 2.84. The van der Waals surface area contributed by atoms with Crippen molar-refractivity contribution >= 4 is 11.6 Å². The SMILES string of the molecule is COc1ncc(-c2nnc3ccnc(N)n23)c(C)n1. The van der Waals surface area contributed by atoms with Crippen molar-refractivity contribution < 1.29 is 4.74 Å². The van der Waals surface area contributed by atoms with E-state index < -0.39 is 0 Å². The number of hydrogen-bond donors (Lipinski definition) is 1. The Bertz CT molecular complexity index is 752. The van der Waals surface area contributed by atoms with Crippen LogP contribution in [0, 0.1) is 6.92 Å². The van der Waals surface area contributed by atoms with Crippen LogP contribution in [0.5, 0.6) is 6.01 Å². The monoisotopic (exact) mass is 257 g/mol. The predicted molar refractivity (Wildman–Crippen MR) is 67.5 cm³/mol. The fourth-order valence-electron chi connectivity index (χ4n) is 1.81. The zero-order valence-corrected chi connectivity index (χ0v) is 10.4. The van der Waals surface area contributed by atoms with E-state index in [9.17, 15) is 0 Å². The lowest BCUT2D eigenvalue weighted by Gasteiger charge is -2.05. The number of rotatable bonds is 2. The summed E-state index contributed by atoms with van der Waals surface area (Å²) in [5.74, 6) is 0.869. The second kappa shape index (κ2) is 4.16. The molecule has 0 amide bonds. The van der Waals surface area contributed by atoms with Crippen LogP contribution in [0.15, 0.2) is 18.5 Å². The summed E-state index contributed by atoms with van der Waals surface area (Å²) >= 11 is 0. The number of aryl methyl sites for hydroxylation is 1. The van der Waals surface area contributed by atoms with E-state index in [1.54, 1.807) is 22.9 Å². The van der Waals surface area contributed by atoms with Gasteiger partial charge < -0.3 is 10.5 Å². The standard InChI is InChI=1S/C11H11N7O/c1-6-7(5-14-11(15-6)19-2)9-17-16-8-3-4-13-10(12)18(8)9/h3-5H,1-2H3,(H2,12,13). The normalized spacial score (nSPS) is 10.8. The van der Waals surface area contributed by atoms with Crippen LogP contribution in [0.25, 0.3) is 17.0 Å². The molecule has 3 rings (SSSR count). The zero-order chi connectivity index (χ0) is 13.4. The smallest absolute Gasteiger partial charge is 0.316 e. The fraction of sp³-hybridized carbons (Fsp3) is 0.182. The molecule has 0 atom stereocenters. The quantitative estimate of drug-likeness (QED) is 0.711. The van der Waals surface area contributed by atoms with E-state index in [4.69, 9.17) is 10.5 Å². The Kier molecular flexibility index (Phi) is 2.48. The first-order valence-corrected chi connectivity index (χ1v) is 5.54. The maximum atomic E-state index is 5.85. The molecular formula is C11H11N7O. The van der Waals surface area contributed by atoms with Crippen LogP contribution in [0.1, 0.15) is 5.69 Å². The Hall–Kier alpha value is -2.77. The zero-order valence-electron chi connectivity index (χ0n) is 10.4. The van der Waals surface area contributed by atoms with Gasteiger partial charge in [0.25, 0.3) is 0 Å². The molecule has 2 N–H and O–H groups in total.